The highest BCUT2D eigenvalue weighted by Crippen LogP contribution is 2.33. The number of piperidine rings is 1. The summed E-state index contributed by atoms with van der Waals surface area (Å²) in [5, 5.41) is 6.96. The van der Waals surface area contributed by atoms with Crippen LogP contribution in [0.5, 0.6) is 11.5 Å². The Balaban J connectivity index is 0.00000240. The summed E-state index contributed by atoms with van der Waals surface area (Å²) in [6.45, 7) is 3.00. The third-order valence-electron chi connectivity index (χ3n) is 5.09. The number of methoxy groups -OCH3 is 2. The first kappa shape index (κ1) is 21.1. The Morgan fingerprint density at radius 2 is 1.93 bits per heavy atom. The molecule has 1 aliphatic rings. The van der Waals surface area contributed by atoms with Gasteiger partial charge >= 0.3 is 0 Å². The summed E-state index contributed by atoms with van der Waals surface area (Å²) in [6.07, 6.45) is 5.84. The Labute approximate surface area is 177 Å². The third-order valence-corrected chi connectivity index (χ3v) is 5.09. The maximum absolute atomic E-state index is 5.44. The molecular formula is C21H27N5O2S. The second-order valence-electron chi connectivity index (χ2n) is 6.94. The highest BCUT2D eigenvalue weighted by atomic mass is 32.1. The van der Waals surface area contributed by atoms with E-state index in [9.17, 15) is 0 Å². The van der Waals surface area contributed by atoms with Crippen LogP contribution >= 0.6 is 13.5 Å². The molecule has 0 spiro atoms. The van der Waals surface area contributed by atoms with Gasteiger partial charge in [-0.1, -0.05) is 0 Å². The van der Waals surface area contributed by atoms with Crippen molar-refractivity contribution in [1.82, 2.24) is 20.3 Å². The normalized spacial score (nSPS) is 16.1. The number of ether oxygens (including phenoxy) is 2. The second-order valence-corrected chi connectivity index (χ2v) is 6.94. The molecule has 4 rings (SSSR count). The number of nitrogens with zero attached hydrogens (tertiary/aromatic N) is 3. The standard InChI is InChI=1S/C21H25N5O2.H2S/c1-27-18-6-5-15(10-19(18)28-2)16-11-17-20(24-9-8-23-17)21(26-16)25-13-14-4-3-7-22-12-14;/h5-6,8-11,14,22H,3-4,7,12-13H2,1-2H3,(H,25,26);1H2/t14-;/m0./s1. The molecule has 7 nitrogen and oxygen atoms in total. The molecule has 8 heteroatoms. The van der Waals surface area contributed by atoms with Crippen LogP contribution in [0.3, 0.4) is 0 Å². The Morgan fingerprint density at radius 1 is 1.10 bits per heavy atom. The zero-order valence-corrected chi connectivity index (χ0v) is 17.7. The number of fused-ring (bicyclic) bond motifs is 1. The van der Waals surface area contributed by atoms with Gasteiger partial charge in [0.2, 0.25) is 0 Å². The molecule has 0 aliphatic carbocycles. The number of aromatic nitrogens is 3. The van der Waals surface area contributed by atoms with Crippen molar-refractivity contribution in [3.63, 3.8) is 0 Å². The predicted molar refractivity (Wildman–Crippen MR) is 120 cm³/mol. The maximum Gasteiger partial charge on any atom is 0.161 e. The summed E-state index contributed by atoms with van der Waals surface area (Å²) < 4.78 is 10.8. The predicted octanol–water partition coefficient (Wildman–Crippen LogP) is 3.23. The number of pyridine rings is 1. The van der Waals surface area contributed by atoms with E-state index in [2.05, 4.69) is 20.6 Å². The average molecular weight is 414 g/mol. The Morgan fingerprint density at radius 3 is 2.69 bits per heavy atom. The summed E-state index contributed by atoms with van der Waals surface area (Å²) in [5.41, 5.74) is 3.35. The molecule has 1 aliphatic heterocycles. The van der Waals surface area contributed by atoms with Crippen LogP contribution in [-0.4, -0.2) is 48.8 Å². The molecule has 1 saturated heterocycles. The van der Waals surface area contributed by atoms with Crippen LogP contribution in [0, 0.1) is 5.92 Å². The minimum absolute atomic E-state index is 0. The fraction of sp³-hybridized carbons (Fsp3) is 0.381. The molecule has 1 fully saturated rings. The van der Waals surface area contributed by atoms with Crippen LogP contribution in [0.25, 0.3) is 22.3 Å². The molecule has 2 N–H and O–H groups in total. The minimum Gasteiger partial charge on any atom is -0.493 e. The zero-order valence-electron chi connectivity index (χ0n) is 16.7. The van der Waals surface area contributed by atoms with Crippen molar-refractivity contribution in [3.8, 4) is 22.8 Å². The van der Waals surface area contributed by atoms with E-state index >= 15 is 0 Å². The lowest BCUT2D eigenvalue weighted by Crippen LogP contribution is -2.33. The van der Waals surface area contributed by atoms with Crippen molar-refractivity contribution >= 4 is 30.3 Å². The molecule has 154 valence electrons. The zero-order chi connectivity index (χ0) is 19.3. The first-order valence-electron chi connectivity index (χ1n) is 9.57. The highest BCUT2D eigenvalue weighted by Gasteiger charge is 2.16. The molecular weight excluding hydrogens is 386 g/mol. The monoisotopic (exact) mass is 413 g/mol. The lowest BCUT2D eigenvalue weighted by molar-refractivity contribution is 0.355. The summed E-state index contributed by atoms with van der Waals surface area (Å²) in [5.74, 6) is 2.71. The molecule has 1 atom stereocenters. The third kappa shape index (κ3) is 4.71. The van der Waals surface area contributed by atoms with Crippen LogP contribution in [0.2, 0.25) is 0 Å². The van der Waals surface area contributed by atoms with Gasteiger partial charge < -0.3 is 20.1 Å². The number of rotatable bonds is 6. The van der Waals surface area contributed by atoms with Gasteiger partial charge in [-0.2, -0.15) is 13.5 Å². The Hall–Kier alpha value is -2.58. The molecule has 29 heavy (non-hydrogen) atoms. The van der Waals surface area contributed by atoms with E-state index in [-0.39, 0.29) is 13.5 Å². The van der Waals surface area contributed by atoms with E-state index < -0.39 is 0 Å². The lowest BCUT2D eigenvalue weighted by Gasteiger charge is -2.23. The quantitative estimate of drug-likeness (QED) is 0.642. The van der Waals surface area contributed by atoms with Crippen molar-refractivity contribution in [2.24, 2.45) is 5.92 Å². The molecule has 0 amide bonds. The van der Waals surface area contributed by atoms with E-state index in [0.717, 1.165) is 47.7 Å². The van der Waals surface area contributed by atoms with Crippen molar-refractivity contribution in [1.29, 1.82) is 0 Å². The van der Waals surface area contributed by atoms with Crippen LogP contribution in [0.4, 0.5) is 5.82 Å². The minimum atomic E-state index is 0. The van der Waals surface area contributed by atoms with Crippen LogP contribution in [0.1, 0.15) is 12.8 Å². The maximum atomic E-state index is 5.44. The van der Waals surface area contributed by atoms with E-state index in [1.54, 1.807) is 26.6 Å². The number of hydrogen-bond acceptors (Lipinski definition) is 7. The van der Waals surface area contributed by atoms with Crippen molar-refractivity contribution in [2.45, 2.75) is 12.8 Å². The van der Waals surface area contributed by atoms with Gasteiger partial charge in [-0.15, -0.1) is 0 Å². The van der Waals surface area contributed by atoms with Crippen LogP contribution < -0.4 is 20.1 Å². The van der Waals surface area contributed by atoms with Gasteiger partial charge in [0.25, 0.3) is 0 Å². The van der Waals surface area contributed by atoms with Gasteiger partial charge in [0.15, 0.2) is 17.3 Å². The molecule has 1 aromatic carbocycles. The topological polar surface area (TPSA) is 81.2 Å². The van der Waals surface area contributed by atoms with E-state index in [1.165, 1.54) is 12.8 Å². The molecule has 2 aromatic heterocycles. The first-order chi connectivity index (χ1) is 13.8. The Kier molecular flexibility index (Phi) is 7.11. The smallest absolute Gasteiger partial charge is 0.161 e. The molecule has 3 aromatic rings. The second kappa shape index (κ2) is 9.76. The largest absolute Gasteiger partial charge is 0.493 e. The van der Waals surface area contributed by atoms with Gasteiger partial charge in [0.1, 0.15) is 5.52 Å². The number of benzene rings is 1. The van der Waals surface area contributed by atoms with Crippen LogP contribution in [0.15, 0.2) is 36.7 Å². The fourth-order valence-corrected chi connectivity index (χ4v) is 3.58. The van der Waals surface area contributed by atoms with E-state index in [0.29, 0.717) is 17.4 Å². The first-order valence-corrected chi connectivity index (χ1v) is 9.57. The van der Waals surface area contributed by atoms with Gasteiger partial charge in [0, 0.05) is 24.5 Å². The number of anilines is 1. The number of nitrogens with one attached hydrogen (secondary N) is 2. The van der Waals surface area contributed by atoms with Gasteiger partial charge in [0.05, 0.1) is 25.4 Å². The van der Waals surface area contributed by atoms with E-state index in [4.69, 9.17) is 14.5 Å². The average Bonchev–Trinajstić information content (AvgIpc) is 2.77. The van der Waals surface area contributed by atoms with Gasteiger partial charge in [-0.25, -0.2) is 9.97 Å². The fourth-order valence-electron chi connectivity index (χ4n) is 3.58. The molecule has 0 saturated carbocycles. The summed E-state index contributed by atoms with van der Waals surface area (Å²) in [6, 6.07) is 7.74. The molecule has 0 unspecified atom stereocenters. The van der Waals surface area contributed by atoms with Gasteiger partial charge in [-0.3, -0.25) is 4.98 Å². The van der Waals surface area contributed by atoms with Crippen LogP contribution in [-0.2, 0) is 0 Å². The highest BCUT2D eigenvalue weighted by molar-refractivity contribution is 7.59. The van der Waals surface area contributed by atoms with Crippen molar-refractivity contribution < 1.29 is 9.47 Å². The SMILES string of the molecule is COc1ccc(-c2cc3nccnc3c(NC[C@H]3CCCNC3)n2)cc1OC.S. The Bertz CT molecular complexity index is 963. The molecule has 3 heterocycles. The van der Waals surface area contributed by atoms with E-state index in [1.807, 2.05) is 24.3 Å². The van der Waals surface area contributed by atoms with Crippen molar-refractivity contribution in [2.75, 3.05) is 39.2 Å². The number of hydrogen-bond donors (Lipinski definition) is 2. The molecule has 0 bridgehead atoms. The summed E-state index contributed by atoms with van der Waals surface area (Å²) in [4.78, 5) is 13.8. The summed E-state index contributed by atoms with van der Waals surface area (Å²) >= 11 is 0. The lowest BCUT2D eigenvalue weighted by atomic mass is 10.00. The van der Waals surface area contributed by atoms with Gasteiger partial charge in [-0.05, 0) is 56.1 Å². The van der Waals surface area contributed by atoms with Crippen molar-refractivity contribution in [3.05, 3.63) is 36.7 Å². The summed E-state index contributed by atoms with van der Waals surface area (Å²) in [7, 11) is 3.26. The molecule has 0 radical (unpaired) electrons.